The van der Waals surface area contributed by atoms with E-state index >= 15 is 0 Å². The highest BCUT2D eigenvalue weighted by atomic mass is 19.1. The predicted molar refractivity (Wildman–Crippen MR) is 66.2 cm³/mol. The number of carbonyl (C=O) groups is 1. The van der Waals surface area contributed by atoms with Crippen molar-refractivity contribution < 1.29 is 9.18 Å². The Balaban J connectivity index is 2.01. The smallest absolute Gasteiger partial charge is 0.270 e. The van der Waals surface area contributed by atoms with Crippen LogP contribution in [0.2, 0.25) is 0 Å². The summed E-state index contributed by atoms with van der Waals surface area (Å²) in [5.41, 5.74) is 6.64. The van der Waals surface area contributed by atoms with Crippen molar-refractivity contribution in [2.45, 2.75) is 6.54 Å². The van der Waals surface area contributed by atoms with Crippen molar-refractivity contribution >= 4 is 11.6 Å². The van der Waals surface area contributed by atoms with Crippen LogP contribution in [-0.4, -0.2) is 10.9 Å². The molecule has 0 fully saturated rings. The van der Waals surface area contributed by atoms with Gasteiger partial charge in [-0.05, 0) is 18.2 Å². The van der Waals surface area contributed by atoms with Crippen molar-refractivity contribution in [1.29, 1.82) is 0 Å². The Morgan fingerprint density at radius 1 is 1.28 bits per heavy atom. The molecular formula is C13H12FN3O. The molecule has 0 aliphatic carbocycles. The van der Waals surface area contributed by atoms with E-state index in [0.717, 1.165) is 0 Å². The minimum Gasteiger partial charge on any atom is -0.397 e. The number of rotatable bonds is 3. The maximum absolute atomic E-state index is 13.3. The Bertz CT molecular complexity index is 554. The summed E-state index contributed by atoms with van der Waals surface area (Å²) in [6.07, 6.45) is 1.40. The van der Waals surface area contributed by atoms with Crippen molar-refractivity contribution in [2.75, 3.05) is 5.73 Å². The maximum Gasteiger partial charge on any atom is 0.270 e. The molecule has 0 radical (unpaired) electrons. The molecule has 1 heterocycles. The van der Waals surface area contributed by atoms with E-state index < -0.39 is 0 Å². The number of aromatic nitrogens is 1. The van der Waals surface area contributed by atoms with Crippen LogP contribution in [0.1, 0.15) is 16.1 Å². The van der Waals surface area contributed by atoms with Crippen LogP contribution < -0.4 is 11.1 Å². The molecule has 2 rings (SSSR count). The highest BCUT2D eigenvalue weighted by Gasteiger charge is 2.07. The van der Waals surface area contributed by atoms with Crippen LogP contribution in [0.25, 0.3) is 0 Å². The van der Waals surface area contributed by atoms with Gasteiger partial charge in [0.2, 0.25) is 0 Å². The molecule has 0 atom stereocenters. The highest BCUT2D eigenvalue weighted by Crippen LogP contribution is 2.06. The number of amides is 1. The summed E-state index contributed by atoms with van der Waals surface area (Å²) in [5, 5.41) is 2.59. The van der Waals surface area contributed by atoms with E-state index in [4.69, 9.17) is 5.73 Å². The SMILES string of the molecule is Nc1ccc(C(=O)NCc2ccccc2F)nc1. The monoisotopic (exact) mass is 245 g/mol. The van der Waals surface area contributed by atoms with Crippen LogP contribution >= 0.6 is 0 Å². The van der Waals surface area contributed by atoms with E-state index in [1.807, 2.05) is 0 Å². The van der Waals surface area contributed by atoms with Gasteiger partial charge in [0.05, 0.1) is 11.9 Å². The highest BCUT2D eigenvalue weighted by molar-refractivity contribution is 5.92. The van der Waals surface area contributed by atoms with E-state index in [9.17, 15) is 9.18 Å². The standard InChI is InChI=1S/C13H12FN3O/c14-11-4-2-1-3-9(11)7-17-13(18)12-6-5-10(15)8-16-12/h1-6,8H,7,15H2,(H,17,18). The first kappa shape index (κ1) is 12.0. The van der Waals surface area contributed by atoms with Gasteiger partial charge in [0.25, 0.3) is 5.91 Å². The summed E-state index contributed by atoms with van der Waals surface area (Å²) in [7, 11) is 0. The van der Waals surface area contributed by atoms with E-state index in [0.29, 0.717) is 11.3 Å². The largest absolute Gasteiger partial charge is 0.397 e. The first-order valence-corrected chi connectivity index (χ1v) is 5.40. The van der Waals surface area contributed by atoms with Crippen LogP contribution in [0.3, 0.4) is 0 Å². The minimum atomic E-state index is -0.363. The third kappa shape index (κ3) is 2.82. The van der Waals surface area contributed by atoms with Crippen molar-refractivity contribution in [3.63, 3.8) is 0 Å². The van der Waals surface area contributed by atoms with Gasteiger partial charge in [-0.1, -0.05) is 18.2 Å². The predicted octanol–water partition coefficient (Wildman–Crippen LogP) is 1.73. The number of hydrogen-bond donors (Lipinski definition) is 2. The van der Waals surface area contributed by atoms with Gasteiger partial charge in [-0.25, -0.2) is 9.37 Å². The molecule has 0 saturated carbocycles. The summed E-state index contributed by atoms with van der Waals surface area (Å²) in [4.78, 5) is 15.6. The summed E-state index contributed by atoms with van der Waals surface area (Å²) in [5.74, 6) is -0.707. The van der Waals surface area contributed by atoms with Gasteiger partial charge in [-0.2, -0.15) is 0 Å². The van der Waals surface area contributed by atoms with Crippen LogP contribution in [-0.2, 0) is 6.54 Å². The Morgan fingerprint density at radius 3 is 2.72 bits per heavy atom. The molecule has 92 valence electrons. The van der Waals surface area contributed by atoms with Crippen molar-refractivity contribution in [1.82, 2.24) is 10.3 Å². The molecule has 4 nitrogen and oxygen atoms in total. The lowest BCUT2D eigenvalue weighted by atomic mass is 10.2. The lowest BCUT2D eigenvalue weighted by Gasteiger charge is -2.05. The molecular weight excluding hydrogens is 233 g/mol. The number of nitrogen functional groups attached to an aromatic ring is 1. The lowest BCUT2D eigenvalue weighted by Crippen LogP contribution is -2.24. The second kappa shape index (κ2) is 5.27. The van der Waals surface area contributed by atoms with Gasteiger partial charge in [0.15, 0.2) is 0 Å². The minimum absolute atomic E-state index is 0.123. The van der Waals surface area contributed by atoms with Crippen molar-refractivity contribution in [3.8, 4) is 0 Å². The Morgan fingerprint density at radius 2 is 2.06 bits per heavy atom. The normalized spacial score (nSPS) is 10.1. The number of carbonyl (C=O) groups excluding carboxylic acids is 1. The van der Waals surface area contributed by atoms with Crippen LogP contribution in [0.15, 0.2) is 42.6 Å². The molecule has 1 aromatic carbocycles. The first-order valence-electron chi connectivity index (χ1n) is 5.40. The molecule has 3 N–H and O–H groups in total. The molecule has 0 aliphatic heterocycles. The number of benzene rings is 1. The summed E-state index contributed by atoms with van der Waals surface area (Å²) >= 11 is 0. The van der Waals surface area contributed by atoms with Gasteiger partial charge in [-0.3, -0.25) is 4.79 Å². The fraction of sp³-hybridized carbons (Fsp3) is 0.0769. The molecule has 0 saturated heterocycles. The van der Waals surface area contributed by atoms with Gasteiger partial charge >= 0.3 is 0 Å². The molecule has 18 heavy (non-hydrogen) atoms. The molecule has 5 heteroatoms. The van der Waals surface area contributed by atoms with Gasteiger partial charge < -0.3 is 11.1 Å². The zero-order valence-electron chi connectivity index (χ0n) is 9.56. The third-order valence-corrected chi connectivity index (χ3v) is 2.42. The summed E-state index contributed by atoms with van der Waals surface area (Å²) in [6.45, 7) is 0.123. The number of anilines is 1. The Hall–Kier alpha value is -2.43. The van der Waals surface area contributed by atoms with Gasteiger partial charge in [0.1, 0.15) is 11.5 Å². The van der Waals surface area contributed by atoms with E-state index in [2.05, 4.69) is 10.3 Å². The van der Waals surface area contributed by atoms with E-state index in [1.54, 1.807) is 24.3 Å². The number of nitrogens with one attached hydrogen (secondary N) is 1. The fourth-order valence-electron chi connectivity index (χ4n) is 1.45. The Labute approximate surface area is 104 Å². The van der Waals surface area contributed by atoms with Crippen LogP contribution in [0.4, 0.5) is 10.1 Å². The van der Waals surface area contributed by atoms with Gasteiger partial charge in [0, 0.05) is 12.1 Å². The molecule has 2 aromatic rings. The number of pyridine rings is 1. The Kier molecular flexibility index (Phi) is 3.52. The molecule has 1 amide bonds. The topological polar surface area (TPSA) is 68.0 Å². The van der Waals surface area contributed by atoms with E-state index in [-0.39, 0.29) is 24.0 Å². The van der Waals surface area contributed by atoms with E-state index in [1.165, 1.54) is 18.3 Å². The number of hydrogen-bond acceptors (Lipinski definition) is 3. The third-order valence-electron chi connectivity index (χ3n) is 2.42. The second-order valence-electron chi connectivity index (χ2n) is 3.75. The number of nitrogens with two attached hydrogens (primary N) is 1. The second-order valence-corrected chi connectivity index (χ2v) is 3.75. The van der Waals surface area contributed by atoms with Crippen molar-refractivity contribution in [2.24, 2.45) is 0 Å². The lowest BCUT2D eigenvalue weighted by molar-refractivity contribution is 0.0945. The zero-order valence-corrected chi connectivity index (χ0v) is 9.56. The zero-order chi connectivity index (χ0) is 13.0. The number of nitrogens with zero attached hydrogens (tertiary/aromatic N) is 1. The van der Waals surface area contributed by atoms with Gasteiger partial charge in [-0.15, -0.1) is 0 Å². The van der Waals surface area contributed by atoms with Crippen LogP contribution in [0.5, 0.6) is 0 Å². The molecule has 0 bridgehead atoms. The first-order chi connectivity index (χ1) is 8.66. The average Bonchev–Trinajstić information content (AvgIpc) is 2.38. The average molecular weight is 245 g/mol. The molecule has 0 aliphatic rings. The molecule has 0 spiro atoms. The number of halogens is 1. The summed E-state index contributed by atoms with van der Waals surface area (Å²) < 4.78 is 13.3. The molecule has 1 aromatic heterocycles. The van der Waals surface area contributed by atoms with Crippen LogP contribution in [0, 0.1) is 5.82 Å². The van der Waals surface area contributed by atoms with Crippen molar-refractivity contribution in [3.05, 3.63) is 59.7 Å². The summed E-state index contributed by atoms with van der Waals surface area (Å²) in [6, 6.07) is 9.39. The fourth-order valence-corrected chi connectivity index (χ4v) is 1.45. The quantitative estimate of drug-likeness (QED) is 0.865. The maximum atomic E-state index is 13.3. The molecule has 0 unspecified atom stereocenters.